The molecule has 2 aliphatic heterocycles. The third kappa shape index (κ3) is 5.58. The Hall–Kier alpha value is -4.33. The number of carbonyl (C=O) groups excluding carboxylic acids is 2. The van der Waals surface area contributed by atoms with E-state index in [0.29, 0.717) is 36.4 Å². The van der Waals surface area contributed by atoms with E-state index in [4.69, 9.17) is 9.47 Å². The first-order chi connectivity index (χ1) is 18.0. The summed E-state index contributed by atoms with van der Waals surface area (Å²) in [5.41, 5.74) is 3.40. The molecule has 0 bridgehead atoms. The van der Waals surface area contributed by atoms with E-state index in [1.807, 2.05) is 54.6 Å². The molecule has 1 unspecified atom stereocenters. The number of fused-ring (bicyclic) bond motifs is 1. The molecule has 2 amide bonds. The van der Waals surface area contributed by atoms with Crippen molar-refractivity contribution in [3.8, 4) is 22.6 Å². The van der Waals surface area contributed by atoms with Crippen molar-refractivity contribution in [1.82, 2.24) is 10.2 Å². The number of carboxylic acids is 1. The van der Waals surface area contributed by atoms with Crippen LogP contribution in [-0.4, -0.2) is 53.7 Å². The van der Waals surface area contributed by atoms with Crippen molar-refractivity contribution < 1.29 is 29.0 Å². The van der Waals surface area contributed by atoms with Gasteiger partial charge in [0, 0.05) is 25.1 Å². The topological polar surface area (TPSA) is 105 Å². The van der Waals surface area contributed by atoms with Crippen LogP contribution < -0.4 is 14.8 Å². The summed E-state index contributed by atoms with van der Waals surface area (Å²) in [7, 11) is 0. The second-order valence-electron chi connectivity index (χ2n) is 9.32. The fraction of sp³-hybridized carbons (Fsp3) is 0.276. The number of nitrogens with zero attached hydrogens (tertiary/aromatic N) is 1. The van der Waals surface area contributed by atoms with Crippen LogP contribution in [0.25, 0.3) is 11.1 Å². The van der Waals surface area contributed by atoms with Gasteiger partial charge in [0.2, 0.25) is 12.7 Å². The molecule has 0 spiro atoms. The first-order valence-electron chi connectivity index (χ1n) is 12.3. The summed E-state index contributed by atoms with van der Waals surface area (Å²) in [6, 6.07) is 21.6. The smallest absolute Gasteiger partial charge is 0.326 e. The molecule has 0 saturated carbocycles. The number of rotatable bonds is 7. The van der Waals surface area contributed by atoms with Crippen LogP contribution in [0.4, 0.5) is 0 Å². The molecule has 2 atom stereocenters. The summed E-state index contributed by atoms with van der Waals surface area (Å²) in [6.07, 6.45) is 1.42. The normalized spacial score (nSPS) is 17.2. The Balaban J connectivity index is 1.21. The molecule has 190 valence electrons. The number of hydrogen-bond acceptors (Lipinski definition) is 5. The van der Waals surface area contributed by atoms with Crippen molar-refractivity contribution in [2.45, 2.75) is 25.3 Å². The van der Waals surface area contributed by atoms with Crippen LogP contribution in [0.3, 0.4) is 0 Å². The minimum absolute atomic E-state index is 0.126. The number of nitrogens with one attached hydrogen (secondary N) is 1. The Morgan fingerprint density at radius 1 is 0.946 bits per heavy atom. The summed E-state index contributed by atoms with van der Waals surface area (Å²) in [6.45, 7) is 0.894. The molecule has 0 aromatic heterocycles. The summed E-state index contributed by atoms with van der Waals surface area (Å²) in [5.74, 6) is -0.987. The molecule has 1 saturated heterocycles. The number of amides is 2. The zero-order valence-electron chi connectivity index (χ0n) is 20.3. The van der Waals surface area contributed by atoms with Gasteiger partial charge in [-0.05, 0) is 47.7 Å². The zero-order chi connectivity index (χ0) is 25.8. The summed E-state index contributed by atoms with van der Waals surface area (Å²) in [5, 5.41) is 12.5. The lowest BCUT2D eigenvalue weighted by Gasteiger charge is -2.32. The molecule has 3 aromatic carbocycles. The molecule has 37 heavy (non-hydrogen) atoms. The van der Waals surface area contributed by atoms with Gasteiger partial charge in [0.25, 0.3) is 5.91 Å². The van der Waals surface area contributed by atoms with Crippen LogP contribution in [-0.2, 0) is 16.0 Å². The van der Waals surface area contributed by atoms with Crippen LogP contribution in [0.15, 0.2) is 72.8 Å². The van der Waals surface area contributed by atoms with Gasteiger partial charge in [0.1, 0.15) is 6.04 Å². The van der Waals surface area contributed by atoms with Gasteiger partial charge in [-0.1, -0.05) is 54.6 Å². The van der Waals surface area contributed by atoms with Crippen LogP contribution in [0.2, 0.25) is 0 Å². The average molecular weight is 501 g/mol. The molecule has 2 aliphatic rings. The lowest BCUT2D eigenvalue weighted by molar-refractivity contribution is -0.142. The highest BCUT2D eigenvalue weighted by atomic mass is 16.7. The van der Waals surface area contributed by atoms with Crippen LogP contribution in [0.1, 0.15) is 28.8 Å². The average Bonchev–Trinajstić information content (AvgIpc) is 3.41. The number of carboxylic acid groups (broad SMARTS) is 1. The van der Waals surface area contributed by atoms with Crippen molar-refractivity contribution in [2.24, 2.45) is 5.92 Å². The molecule has 2 heterocycles. The molecular weight excluding hydrogens is 472 g/mol. The number of ether oxygens (including phenoxy) is 2. The summed E-state index contributed by atoms with van der Waals surface area (Å²) in [4.78, 5) is 39.7. The molecule has 8 heteroatoms. The number of piperidine rings is 1. The summed E-state index contributed by atoms with van der Waals surface area (Å²) < 4.78 is 10.7. The Kier molecular flexibility index (Phi) is 7.07. The first-order valence-corrected chi connectivity index (χ1v) is 12.3. The van der Waals surface area contributed by atoms with Gasteiger partial charge < -0.3 is 24.8 Å². The Morgan fingerprint density at radius 2 is 1.68 bits per heavy atom. The van der Waals surface area contributed by atoms with Gasteiger partial charge in [-0.3, -0.25) is 9.59 Å². The van der Waals surface area contributed by atoms with Crippen molar-refractivity contribution >= 4 is 17.8 Å². The van der Waals surface area contributed by atoms with E-state index in [1.54, 1.807) is 23.1 Å². The second kappa shape index (κ2) is 10.7. The van der Waals surface area contributed by atoms with Gasteiger partial charge in [0.05, 0.1) is 5.92 Å². The van der Waals surface area contributed by atoms with Crippen molar-refractivity contribution in [1.29, 1.82) is 0 Å². The maximum Gasteiger partial charge on any atom is 0.326 e. The van der Waals surface area contributed by atoms with Gasteiger partial charge in [0.15, 0.2) is 11.5 Å². The fourth-order valence-electron chi connectivity index (χ4n) is 4.78. The van der Waals surface area contributed by atoms with Crippen molar-refractivity contribution in [3.05, 3.63) is 83.9 Å². The minimum atomic E-state index is -1.09. The highest BCUT2D eigenvalue weighted by Crippen LogP contribution is 2.33. The monoisotopic (exact) mass is 500 g/mol. The van der Waals surface area contributed by atoms with E-state index in [9.17, 15) is 19.5 Å². The molecule has 2 N–H and O–H groups in total. The largest absolute Gasteiger partial charge is 0.480 e. The molecule has 5 rings (SSSR count). The standard InChI is InChI=1S/C29H28N2O6/c32-27(23-7-4-14-31(17-23)28(33)22-12-13-25-26(16-22)37-18-36-25)30-24(29(34)35)15-19-8-10-21(11-9-19)20-5-2-1-3-6-20/h1-3,5-6,8-13,16,23-24H,4,7,14-15,17-18H2,(H,30,32)(H,34,35)/t23?,24-/m0/s1. The minimum Gasteiger partial charge on any atom is -0.480 e. The van der Waals surface area contributed by atoms with E-state index in [2.05, 4.69) is 5.32 Å². The fourth-order valence-corrected chi connectivity index (χ4v) is 4.78. The maximum absolute atomic E-state index is 13.1. The highest BCUT2D eigenvalue weighted by molar-refractivity contribution is 5.95. The van der Waals surface area contributed by atoms with E-state index < -0.39 is 17.9 Å². The van der Waals surface area contributed by atoms with E-state index in [1.165, 1.54) is 0 Å². The highest BCUT2D eigenvalue weighted by Gasteiger charge is 2.32. The van der Waals surface area contributed by atoms with Gasteiger partial charge >= 0.3 is 5.97 Å². The Bertz CT molecular complexity index is 1290. The molecule has 0 aliphatic carbocycles. The Labute approximate surface area is 214 Å². The second-order valence-corrected chi connectivity index (χ2v) is 9.32. The number of carbonyl (C=O) groups is 3. The number of hydrogen-bond donors (Lipinski definition) is 2. The van der Waals surface area contributed by atoms with E-state index in [-0.39, 0.29) is 31.6 Å². The third-order valence-corrected chi connectivity index (χ3v) is 6.81. The molecular formula is C29H28N2O6. The van der Waals surface area contributed by atoms with Gasteiger partial charge in [-0.2, -0.15) is 0 Å². The van der Waals surface area contributed by atoms with Gasteiger partial charge in [-0.25, -0.2) is 4.79 Å². The van der Waals surface area contributed by atoms with Crippen molar-refractivity contribution in [2.75, 3.05) is 19.9 Å². The third-order valence-electron chi connectivity index (χ3n) is 6.81. The SMILES string of the molecule is O=C(N[C@@H](Cc1ccc(-c2ccccc2)cc1)C(=O)O)C1CCCN(C(=O)c2ccc3c(c2)OCO3)C1. The van der Waals surface area contributed by atoms with Crippen LogP contribution in [0, 0.1) is 5.92 Å². The maximum atomic E-state index is 13.1. The lowest BCUT2D eigenvalue weighted by Crippen LogP contribution is -2.50. The molecule has 8 nitrogen and oxygen atoms in total. The van der Waals surface area contributed by atoms with Crippen molar-refractivity contribution in [3.63, 3.8) is 0 Å². The van der Waals surface area contributed by atoms with Crippen LogP contribution in [0.5, 0.6) is 11.5 Å². The first kappa shape index (κ1) is 24.4. The predicted octanol–water partition coefficient (Wildman–Crippen LogP) is 3.75. The van der Waals surface area contributed by atoms with Gasteiger partial charge in [-0.15, -0.1) is 0 Å². The van der Waals surface area contributed by atoms with Crippen LogP contribution >= 0.6 is 0 Å². The van der Waals surface area contributed by atoms with E-state index in [0.717, 1.165) is 16.7 Å². The lowest BCUT2D eigenvalue weighted by atomic mass is 9.95. The Morgan fingerprint density at radius 3 is 2.43 bits per heavy atom. The molecule has 3 aromatic rings. The van der Waals surface area contributed by atoms with E-state index >= 15 is 0 Å². The predicted molar refractivity (Wildman–Crippen MR) is 136 cm³/mol. The number of likely N-dealkylation sites (tertiary alicyclic amines) is 1. The number of benzene rings is 3. The number of aliphatic carboxylic acids is 1. The molecule has 0 radical (unpaired) electrons. The zero-order valence-corrected chi connectivity index (χ0v) is 20.3. The quantitative estimate of drug-likeness (QED) is 0.512. The summed E-state index contributed by atoms with van der Waals surface area (Å²) >= 11 is 0. The molecule has 1 fully saturated rings.